The van der Waals surface area contributed by atoms with Gasteiger partial charge in [-0.3, -0.25) is 4.79 Å². The van der Waals surface area contributed by atoms with Crippen LogP contribution in [-0.4, -0.2) is 10.9 Å². The van der Waals surface area contributed by atoms with Crippen LogP contribution in [0.3, 0.4) is 0 Å². The topological polar surface area (TPSA) is 55.1 Å². The van der Waals surface area contributed by atoms with Crippen molar-refractivity contribution in [3.8, 4) is 11.5 Å². The van der Waals surface area contributed by atoms with E-state index in [2.05, 4.69) is 10.3 Å². The standard InChI is InChI=1S/C18H16Cl2N2O2/c1-10(2)8-16(23)21-11-6-7-15-14(9-11)22-18(24-15)12-4-3-5-13(19)17(12)20/h3-7,9-10H,8H2,1-2H3,(H,21,23). The number of carbonyl (C=O) groups is 1. The summed E-state index contributed by atoms with van der Waals surface area (Å²) in [7, 11) is 0. The van der Waals surface area contributed by atoms with Gasteiger partial charge < -0.3 is 9.73 Å². The maximum absolute atomic E-state index is 11.9. The molecule has 1 heterocycles. The molecule has 0 fully saturated rings. The van der Waals surface area contributed by atoms with Gasteiger partial charge in [-0.25, -0.2) is 4.98 Å². The average Bonchev–Trinajstić information content (AvgIpc) is 2.92. The predicted octanol–water partition coefficient (Wildman–Crippen LogP) is 5.79. The summed E-state index contributed by atoms with van der Waals surface area (Å²) in [5.41, 5.74) is 2.57. The zero-order chi connectivity index (χ0) is 17.3. The van der Waals surface area contributed by atoms with Crippen LogP contribution in [0.25, 0.3) is 22.6 Å². The van der Waals surface area contributed by atoms with Gasteiger partial charge in [0.1, 0.15) is 5.52 Å². The number of aromatic nitrogens is 1. The van der Waals surface area contributed by atoms with Crippen molar-refractivity contribution in [3.05, 3.63) is 46.4 Å². The van der Waals surface area contributed by atoms with E-state index in [0.717, 1.165) is 0 Å². The van der Waals surface area contributed by atoms with E-state index in [0.29, 0.717) is 50.6 Å². The lowest BCUT2D eigenvalue weighted by Crippen LogP contribution is -2.13. The lowest BCUT2D eigenvalue weighted by atomic mass is 10.1. The van der Waals surface area contributed by atoms with E-state index in [1.807, 2.05) is 13.8 Å². The molecule has 0 aliphatic heterocycles. The molecule has 0 spiro atoms. The molecule has 4 nitrogen and oxygen atoms in total. The van der Waals surface area contributed by atoms with Gasteiger partial charge in [0.2, 0.25) is 11.8 Å². The molecule has 0 saturated carbocycles. The highest BCUT2D eigenvalue weighted by atomic mass is 35.5. The number of rotatable bonds is 4. The molecule has 0 radical (unpaired) electrons. The van der Waals surface area contributed by atoms with Gasteiger partial charge in [0.25, 0.3) is 0 Å². The van der Waals surface area contributed by atoms with E-state index >= 15 is 0 Å². The first-order valence-electron chi connectivity index (χ1n) is 7.59. The van der Waals surface area contributed by atoms with Gasteiger partial charge in [-0.15, -0.1) is 0 Å². The van der Waals surface area contributed by atoms with Crippen LogP contribution < -0.4 is 5.32 Å². The molecule has 1 amide bonds. The highest BCUT2D eigenvalue weighted by Gasteiger charge is 2.14. The van der Waals surface area contributed by atoms with E-state index < -0.39 is 0 Å². The highest BCUT2D eigenvalue weighted by molar-refractivity contribution is 6.43. The minimum Gasteiger partial charge on any atom is -0.436 e. The molecule has 0 aliphatic carbocycles. The minimum atomic E-state index is -0.0223. The Labute approximate surface area is 149 Å². The number of anilines is 1. The molecule has 0 saturated heterocycles. The normalized spacial score (nSPS) is 11.2. The van der Waals surface area contributed by atoms with Gasteiger partial charge in [-0.2, -0.15) is 0 Å². The van der Waals surface area contributed by atoms with Crippen molar-refractivity contribution >= 4 is 45.9 Å². The molecule has 3 rings (SSSR count). The summed E-state index contributed by atoms with van der Waals surface area (Å²) in [6.45, 7) is 4.00. The van der Waals surface area contributed by atoms with E-state index in [9.17, 15) is 4.79 Å². The quantitative estimate of drug-likeness (QED) is 0.639. The first-order chi connectivity index (χ1) is 11.4. The Morgan fingerprint density at radius 2 is 2.04 bits per heavy atom. The smallest absolute Gasteiger partial charge is 0.228 e. The van der Waals surface area contributed by atoms with Crippen LogP contribution >= 0.6 is 23.2 Å². The van der Waals surface area contributed by atoms with E-state index in [-0.39, 0.29) is 5.91 Å². The number of nitrogens with zero attached hydrogens (tertiary/aromatic N) is 1. The van der Waals surface area contributed by atoms with Crippen LogP contribution in [0.15, 0.2) is 40.8 Å². The number of benzene rings is 2. The summed E-state index contributed by atoms with van der Waals surface area (Å²) in [4.78, 5) is 16.3. The van der Waals surface area contributed by atoms with Crippen molar-refractivity contribution in [2.24, 2.45) is 5.92 Å². The van der Waals surface area contributed by atoms with Crippen molar-refractivity contribution < 1.29 is 9.21 Å². The second-order valence-electron chi connectivity index (χ2n) is 5.95. The van der Waals surface area contributed by atoms with Gasteiger partial charge in [0.15, 0.2) is 5.58 Å². The fraction of sp³-hybridized carbons (Fsp3) is 0.222. The Morgan fingerprint density at radius 1 is 1.25 bits per heavy atom. The van der Waals surface area contributed by atoms with Crippen molar-refractivity contribution in [1.82, 2.24) is 4.98 Å². The van der Waals surface area contributed by atoms with Crippen LogP contribution in [0.4, 0.5) is 5.69 Å². The molecular formula is C18H16Cl2N2O2. The van der Waals surface area contributed by atoms with E-state index in [1.54, 1.807) is 36.4 Å². The molecule has 0 bridgehead atoms. The van der Waals surface area contributed by atoms with E-state index in [1.165, 1.54) is 0 Å². The second kappa shape index (κ2) is 6.83. The largest absolute Gasteiger partial charge is 0.436 e. The Bertz CT molecular complexity index is 903. The van der Waals surface area contributed by atoms with Gasteiger partial charge >= 0.3 is 0 Å². The Kier molecular flexibility index (Phi) is 4.78. The number of halogens is 2. The molecule has 6 heteroatoms. The van der Waals surface area contributed by atoms with Crippen LogP contribution in [-0.2, 0) is 4.79 Å². The fourth-order valence-corrected chi connectivity index (χ4v) is 2.75. The molecule has 24 heavy (non-hydrogen) atoms. The van der Waals surface area contributed by atoms with Crippen molar-refractivity contribution in [3.63, 3.8) is 0 Å². The molecule has 124 valence electrons. The summed E-state index contributed by atoms with van der Waals surface area (Å²) in [5.74, 6) is 0.673. The maximum atomic E-state index is 11.9. The number of hydrogen-bond donors (Lipinski definition) is 1. The third-order valence-electron chi connectivity index (χ3n) is 3.45. The molecule has 0 aliphatic rings. The maximum Gasteiger partial charge on any atom is 0.228 e. The minimum absolute atomic E-state index is 0.0223. The monoisotopic (exact) mass is 362 g/mol. The number of carbonyl (C=O) groups excluding carboxylic acids is 1. The van der Waals surface area contributed by atoms with Crippen molar-refractivity contribution in [2.45, 2.75) is 20.3 Å². The number of hydrogen-bond acceptors (Lipinski definition) is 3. The van der Waals surface area contributed by atoms with Gasteiger partial charge in [0.05, 0.1) is 15.6 Å². The molecule has 0 atom stereocenters. The first kappa shape index (κ1) is 16.8. The Balaban J connectivity index is 1.92. The summed E-state index contributed by atoms with van der Waals surface area (Å²) >= 11 is 12.3. The van der Waals surface area contributed by atoms with Gasteiger partial charge in [-0.05, 0) is 36.2 Å². The van der Waals surface area contributed by atoms with Crippen molar-refractivity contribution in [1.29, 1.82) is 0 Å². The van der Waals surface area contributed by atoms with Gasteiger partial charge in [-0.1, -0.05) is 43.1 Å². The average molecular weight is 363 g/mol. The number of nitrogens with one attached hydrogen (secondary N) is 1. The predicted molar refractivity (Wildman–Crippen MR) is 97.5 cm³/mol. The van der Waals surface area contributed by atoms with Crippen LogP contribution in [0, 0.1) is 5.92 Å². The molecule has 2 aromatic carbocycles. The number of amides is 1. The van der Waals surface area contributed by atoms with Crippen LogP contribution in [0.5, 0.6) is 0 Å². The molecule has 0 unspecified atom stereocenters. The molecular weight excluding hydrogens is 347 g/mol. The van der Waals surface area contributed by atoms with Gasteiger partial charge in [0, 0.05) is 12.1 Å². The third kappa shape index (κ3) is 3.55. The number of fused-ring (bicyclic) bond motifs is 1. The lowest BCUT2D eigenvalue weighted by Gasteiger charge is -2.06. The number of oxazole rings is 1. The van der Waals surface area contributed by atoms with Crippen LogP contribution in [0.1, 0.15) is 20.3 Å². The zero-order valence-electron chi connectivity index (χ0n) is 13.3. The molecule has 3 aromatic rings. The van der Waals surface area contributed by atoms with Crippen molar-refractivity contribution in [2.75, 3.05) is 5.32 Å². The lowest BCUT2D eigenvalue weighted by molar-refractivity contribution is -0.116. The Morgan fingerprint density at radius 3 is 2.79 bits per heavy atom. The highest BCUT2D eigenvalue weighted by Crippen LogP contribution is 2.34. The first-order valence-corrected chi connectivity index (χ1v) is 8.34. The Hall–Kier alpha value is -2.04. The third-order valence-corrected chi connectivity index (χ3v) is 4.27. The summed E-state index contributed by atoms with van der Waals surface area (Å²) in [6, 6.07) is 10.6. The van der Waals surface area contributed by atoms with E-state index in [4.69, 9.17) is 27.6 Å². The molecule has 1 aromatic heterocycles. The second-order valence-corrected chi connectivity index (χ2v) is 6.73. The summed E-state index contributed by atoms with van der Waals surface area (Å²) in [6.07, 6.45) is 0.472. The van der Waals surface area contributed by atoms with Crippen LogP contribution in [0.2, 0.25) is 10.0 Å². The summed E-state index contributed by atoms with van der Waals surface area (Å²) < 4.78 is 5.75. The zero-order valence-corrected chi connectivity index (χ0v) is 14.8. The fourth-order valence-electron chi connectivity index (χ4n) is 2.37. The molecule has 1 N–H and O–H groups in total. The SMILES string of the molecule is CC(C)CC(=O)Nc1ccc2oc(-c3cccc(Cl)c3Cl)nc2c1. The summed E-state index contributed by atoms with van der Waals surface area (Å²) in [5, 5.41) is 3.71.